The van der Waals surface area contributed by atoms with Crippen LogP contribution in [0.2, 0.25) is 0 Å². The number of carbonyl (C=O) groups is 1. The van der Waals surface area contributed by atoms with Crippen molar-refractivity contribution in [3.8, 4) is 0 Å². The van der Waals surface area contributed by atoms with Crippen molar-refractivity contribution in [1.29, 1.82) is 0 Å². The molecule has 136 valence electrons. The standard InChI is InChI=1S/C18H26N4O3/c1-18(2,3)25-17(24)21-9-5-6-13(10-21)11-22-15(12-23)20-14-7-4-8-19-16(14)22/h4,7-8,13,23H,5-6,9-12H2,1-3H3/t13-/m0/s1. The average molecular weight is 346 g/mol. The molecule has 1 N–H and O–H groups in total. The van der Waals surface area contributed by atoms with Crippen LogP contribution in [0.5, 0.6) is 0 Å². The van der Waals surface area contributed by atoms with Crippen molar-refractivity contribution in [2.75, 3.05) is 13.1 Å². The third-order valence-electron chi connectivity index (χ3n) is 4.34. The summed E-state index contributed by atoms with van der Waals surface area (Å²) < 4.78 is 7.46. The molecule has 0 spiro atoms. The number of ether oxygens (including phenoxy) is 1. The number of imidazole rings is 1. The summed E-state index contributed by atoms with van der Waals surface area (Å²) in [5, 5.41) is 9.62. The summed E-state index contributed by atoms with van der Waals surface area (Å²) in [7, 11) is 0. The predicted octanol–water partition coefficient (Wildman–Crippen LogP) is 2.57. The van der Waals surface area contributed by atoms with Gasteiger partial charge in [0.15, 0.2) is 5.65 Å². The Labute approximate surface area is 147 Å². The van der Waals surface area contributed by atoms with Gasteiger partial charge in [0.05, 0.1) is 0 Å². The molecule has 0 unspecified atom stereocenters. The highest BCUT2D eigenvalue weighted by Gasteiger charge is 2.28. The molecule has 3 heterocycles. The number of aliphatic hydroxyl groups excluding tert-OH is 1. The molecule has 1 aliphatic rings. The van der Waals surface area contributed by atoms with Gasteiger partial charge in [0.2, 0.25) is 0 Å². The molecule has 7 heteroatoms. The van der Waals surface area contributed by atoms with E-state index in [4.69, 9.17) is 4.74 Å². The number of likely N-dealkylation sites (tertiary alicyclic amines) is 1. The average Bonchev–Trinajstić information content (AvgIpc) is 2.91. The van der Waals surface area contributed by atoms with Gasteiger partial charge in [0.25, 0.3) is 0 Å². The highest BCUT2D eigenvalue weighted by Crippen LogP contribution is 2.23. The highest BCUT2D eigenvalue weighted by molar-refractivity contribution is 5.71. The van der Waals surface area contributed by atoms with Gasteiger partial charge in [-0.3, -0.25) is 0 Å². The Balaban J connectivity index is 1.74. The van der Waals surface area contributed by atoms with E-state index in [1.54, 1.807) is 11.1 Å². The first-order chi connectivity index (χ1) is 11.9. The fourth-order valence-corrected chi connectivity index (χ4v) is 3.28. The van der Waals surface area contributed by atoms with E-state index < -0.39 is 5.60 Å². The maximum atomic E-state index is 12.3. The number of nitrogens with zero attached hydrogens (tertiary/aromatic N) is 4. The Kier molecular flexibility index (Phi) is 4.94. The molecule has 0 bridgehead atoms. The van der Waals surface area contributed by atoms with Crippen molar-refractivity contribution >= 4 is 17.3 Å². The topological polar surface area (TPSA) is 80.5 Å². The molecule has 2 aromatic rings. The molecule has 1 atom stereocenters. The Morgan fingerprint density at radius 2 is 2.24 bits per heavy atom. The van der Waals surface area contributed by atoms with Crippen molar-refractivity contribution < 1.29 is 14.6 Å². The number of piperidine rings is 1. The number of aliphatic hydroxyl groups is 1. The zero-order chi connectivity index (χ0) is 18.0. The summed E-state index contributed by atoms with van der Waals surface area (Å²) in [4.78, 5) is 23.0. The summed E-state index contributed by atoms with van der Waals surface area (Å²) in [6, 6.07) is 3.73. The van der Waals surface area contributed by atoms with Crippen LogP contribution in [0.25, 0.3) is 11.2 Å². The lowest BCUT2D eigenvalue weighted by molar-refractivity contribution is 0.0157. The predicted molar refractivity (Wildman–Crippen MR) is 94.0 cm³/mol. The Morgan fingerprint density at radius 3 is 2.96 bits per heavy atom. The summed E-state index contributed by atoms with van der Waals surface area (Å²) >= 11 is 0. The minimum atomic E-state index is -0.488. The van der Waals surface area contributed by atoms with E-state index >= 15 is 0 Å². The first-order valence-electron chi connectivity index (χ1n) is 8.76. The maximum absolute atomic E-state index is 12.3. The molecule has 3 rings (SSSR count). The van der Waals surface area contributed by atoms with E-state index in [9.17, 15) is 9.90 Å². The minimum Gasteiger partial charge on any atom is -0.444 e. The van der Waals surface area contributed by atoms with Crippen LogP contribution in [0.4, 0.5) is 4.79 Å². The minimum absolute atomic E-state index is 0.126. The van der Waals surface area contributed by atoms with E-state index in [0.717, 1.165) is 30.6 Å². The SMILES string of the molecule is CC(C)(C)OC(=O)N1CCC[C@H](Cn2c(CO)nc3cccnc32)C1. The van der Waals surface area contributed by atoms with Gasteiger partial charge < -0.3 is 19.3 Å². The number of fused-ring (bicyclic) bond motifs is 1. The lowest BCUT2D eigenvalue weighted by Crippen LogP contribution is -2.43. The van der Waals surface area contributed by atoms with E-state index in [0.29, 0.717) is 18.9 Å². The number of aromatic nitrogens is 3. The number of rotatable bonds is 3. The van der Waals surface area contributed by atoms with Crippen LogP contribution in [-0.4, -0.2) is 49.3 Å². The molecule has 1 saturated heterocycles. The van der Waals surface area contributed by atoms with Gasteiger partial charge in [-0.05, 0) is 51.7 Å². The normalized spacial score (nSPS) is 18.6. The van der Waals surface area contributed by atoms with Gasteiger partial charge >= 0.3 is 6.09 Å². The van der Waals surface area contributed by atoms with Crippen molar-refractivity contribution in [3.05, 3.63) is 24.2 Å². The van der Waals surface area contributed by atoms with Crippen LogP contribution in [0.3, 0.4) is 0 Å². The van der Waals surface area contributed by atoms with Crippen LogP contribution in [0.1, 0.15) is 39.4 Å². The van der Waals surface area contributed by atoms with Gasteiger partial charge in [-0.2, -0.15) is 0 Å². The smallest absolute Gasteiger partial charge is 0.410 e. The number of pyridine rings is 1. The highest BCUT2D eigenvalue weighted by atomic mass is 16.6. The molecular weight excluding hydrogens is 320 g/mol. The lowest BCUT2D eigenvalue weighted by Gasteiger charge is -2.34. The van der Waals surface area contributed by atoms with E-state index in [1.807, 2.05) is 37.5 Å². The number of amides is 1. The molecule has 0 aromatic carbocycles. The van der Waals surface area contributed by atoms with Crippen molar-refractivity contribution in [1.82, 2.24) is 19.4 Å². The molecule has 0 saturated carbocycles. The molecule has 7 nitrogen and oxygen atoms in total. The summed E-state index contributed by atoms with van der Waals surface area (Å²) in [6.45, 7) is 7.56. The molecule has 2 aromatic heterocycles. The molecule has 1 fully saturated rings. The Bertz CT molecular complexity index is 750. The second-order valence-electron chi connectivity index (χ2n) is 7.58. The van der Waals surface area contributed by atoms with Crippen molar-refractivity contribution in [2.24, 2.45) is 5.92 Å². The molecule has 1 amide bonds. The van der Waals surface area contributed by atoms with Crippen molar-refractivity contribution in [3.63, 3.8) is 0 Å². The number of hydrogen-bond acceptors (Lipinski definition) is 5. The van der Waals surface area contributed by atoms with Gasteiger partial charge in [0.1, 0.15) is 23.5 Å². The first kappa shape index (κ1) is 17.7. The maximum Gasteiger partial charge on any atom is 0.410 e. The van der Waals surface area contributed by atoms with Gasteiger partial charge in [-0.25, -0.2) is 14.8 Å². The number of carbonyl (C=O) groups excluding carboxylic acids is 1. The molecule has 25 heavy (non-hydrogen) atoms. The summed E-state index contributed by atoms with van der Waals surface area (Å²) in [5.74, 6) is 0.897. The van der Waals surface area contributed by atoms with Gasteiger partial charge in [0, 0.05) is 25.8 Å². The second kappa shape index (κ2) is 7.00. The quantitative estimate of drug-likeness (QED) is 0.924. The van der Waals surface area contributed by atoms with Crippen LogP contribution >= 0.6 is 0 Å². The largest absolute Gasteiger partial charge is 0.444 e. The van der Waals surface area contributed by atoms with Crippen molar-refractivity contribution in [2.45, 2.75) is 52.4 Å². The molecule has 0 aliphatic carbocycles. The zero-order valence-electron chi connectivity index (χ0n) is 15.1. The second-order valence-corrected chi connectivity index (χ2v) is 7.58. The van der Waals surface area contributed by atoms with Crippen LogP contribution in [-0.2, 0) is 17.9 Å². The van der Waals surface area contributed by atoms with E-state index in [-0.39, 0.29) is 18.6 Å². The van der Waals surface area contributed by atoms with E-state index in [1.165, 1.54) is 0 Å². The van der Waals surface area contributed by atoms with Crippen LogP contribution in [0.15, 0.2) is 18.3 Å². The summed E-state index contributed by atoms with van der Waals surface area (Å²) in [5.41, 5.74) is 1.07. The lowest BCUT2D eigenvalue weighted by atomic mass is 9.98. The fraction of sp³-hybridized carbons (Fsp3) is 0.611. The van der Waals surface area contributed by atoms with E-state index in [2.05, 4.69) is 9.97 Å². The number of hydrogen-bond donors (Lipinski definition) is 1. The van der Waals surface area contributed by atoms with Gasteiger partial charge in [-0.15, -0.1) is 0 Å². The molecule has 0 radical (unpaired) electrons. The monoisotopic (exact) mass is 346 g/mol. The summed E-state index contributed by atoms with van der Waals surface area (Å²) in [6.07, 6.45) is 3.44. The Hall–Kier alpha value is -2.15. The Morgan fingerprint density at radius 1 is 1.44 bits per heavy atom. The molecular formula is C18H26N4O3. The van der Waals surface area contributed by atoms with Gasteiger partial charge in [-0.1, -0.05) is 0 Å². The molecule has 1 aliphatic heterocycles. The fourth-order valence-electron chi connectivity index (χ4n) is 3.28. The zero-order valence-corrected chi connectivity index (χ0v) is 15.1. The third-order valence-corrected chi connectivity index (χ3v) is 4.34. The van der Waals surface area contributed by atoms with Crippen LogP contribution < -0.4 is 0 Å². The third kappa shape index (κ3) is 4.10. The first-order valence-corrected chi connectivity index (χ1v) is 8.76. The van der Waals surface area contributed by atoms with Crippen LogP contribution in [0, 0.1) is 5.92 Å².